The zero-order chi connectivity index (χ0) is 6.97. The van der Waals surface area contributed by atoms with Crippen molar-refractivity contribution in [3.8, 4) is 0 Å². The lowest BCUT2D eigenvalue weighted by molar-refractivity contribution is 0.840. The van der Waals surface area contributed by atoms with Crippen LogP contribution in [-0.2, 0) is 12.8 Å². The van der Waals surface area contributed by atoms with E-state index >= 15 is 0 Å². The summed E-state index contributed by atoms with van der Waals surface area (Å²) in [7, 11) is 0. The van der Waals surface area contributed by atoms with E-state index < -0.39 is 0 Å². The lowest BCUT2D eigenvalue weighted by Gasteiger charge is -2.17. The Balaban J connectivity index is 2.51. The molecule has 1 aromatic rings. The van der Waals surface area contributed by atoms with Gasteiger partial charge in [-0.15, -0.1) is 0 Å². The smallest absolute Gasteiger partial charge is 0.0625 e. The van der Waals surface area contributed by atoms with Crippen molar-refractivity contribution in [2.24, 2.45) is 4.99 Å². The Morgan fingerprint density at radius 1 is 1.20 bits per heavy atom. The summed E-state index contributed by atoms with van der Waals surface area (Å²) < 4.78 is 0. The first-order valence-electron chi connectivity index (χ1n) is 3.48. The van der Waals surface area contributed by atoms with E-state index in [0.717, 1.165) is 5.69 Å². The highest BCUT2D eigenvalue weighted by Crippen LogP contribution is 2.26. The van der Waals surface area contributed by atoms with Crippen molar-refractivity contribution < 1.29 is 0 Å². The molecule has 1 aliphatic rings. The van der Waals surface area contributed by atoms with E-state index in [0.29, 0.717) is 0 Å². The van der Waals surface area contributed by atoms with Gasteiger partial charge in [0.25, 0.3) is 0 Å². The molecule has 0 spiro atoms. The molecule has 10 heavy (non-hydrogen) atoms. The molecule has 0 saturated carbocycles. The number of hydrogen-bond donors (Lipinski definition) is 0. The van der Waals surface area contributed by atoms with Crippen LogP contribution >= 0.6 is 0 Å². The summed E-state index contributed by atoms with van der Waals surface area (Å²) in [5.41, 5.74) is 3.93. The molecule has 0 radical (unpaired) electrons. The molecule has 0 aromatic heterocycles. The second-order valence-corrected chi connectivity index (χ2v) is 2.61. The summed E-state index contributed by atoms with van der Waals surface area (Å²) in [6.45, 7) is 3.48. The number of fused-ring (bicyclic) bond motifs is 1. The highest BCUT2D eigenvalue weighted by molar-refractivity contribution is 5.51. The Kier molecular flexibility index (Phi) is 1.10. The molecule has 0 saturated heterocycles. The van der Waals surface area contributed by atoms with Crippen LogP contribution < -0.4 is 0 Å². The first-order chi connectivity index (χ1) is 4.90. The molecule has 2 rings (SSSR count). The van der Waals surface area contributed by atoms with E-state index in [-0.39, 0.29) is 0 Å². The first kappa shape index (κ1) is 5.66. The minimum Gasteiger partial charge on any atom is -0.265 e. The zero-order valence-electron chi connectivity index (χ0n) is 5.80. The van der Waals surface area contributed by atoms with E-state index in [1.54, 1.807) is 0 Å². The Hall–Kier alpha value is -1.11. The second kappa shape index (κ2) is 1.94. The maximum Gasteiger partial charge on any atom is 0.0625 e. The van der Waals surface area contributed by atoms with Gasteiger partial charge < -0.3 is 0 Å². The molecule has 0 atom stereocenters. The molecule has 0 N–H and O–H groups in total. The molecule has 0 bridgehead atoms. The number of benzene rings is 1. The summed E-state index contributed by atoms with van der Waals surface area (Å²) in [5.74, 6) is 0. The van der Waals surface area contributed by atoms with Crippen LogP contribution in [0.5, 0.6) is 0 Å². The minimum absolute atomic E-state index is 0.999. The van der Waals surface area contributed by atoms with Gasteiger partial charge in [0.1, 0.15) is 0 Å². The molecule has 1 nitrogen and oxygen atoms in total. The first-order valence-corrected chi connectivity index (χ1v) is 3.48. The van der Waals surface area contributed by atoms with Crippen molar-refractivity contribution in [1.82, 2.24) is 0 Å². The molecule has 1 aliphatic carbocycles. The standard InChI is InChI=1S/C9H9N/c1-10-9-5-4-7-2-3-8(7)6-9/h4-6H,1-3H2. The van der Waals surface area contributed by atoms with Crippen molar-refractivity contribution in [2.45, 2.75) is 12.8 Å². The van der Waals surface area contributed by atoms with Crippen molar-refractivity contribution in [3.05, 3.63) is 29.3 Å². The zero-order valence-corrected chi connectivity index (χ0v) is 5.80. The van der Waals surface area contributed by atoms with E-state index in [4.69, 9.17) is 0 Å². The third-order valence-electron chi connectivity index (χ3n) is 2.04. The van der Waals surface area contributed by atoms with Crippen molar-refractivity contribution in [3.63, 3.8) is 0 Å². The number of aliphatic imine (C=N–C) groups is 1. The van der Waals surface area contributed by atoms with Crippen LogP contribution in [0.3, 0.4) is 0 Å². The Morgan fingerprint density at radius 2 is 2.00 bits per heavy atom. The normalized spacial score (nSPS) is 13.6. The molecular formula is C9H9N. The van der Waals surface area contributed by atoms with Gasteiger partial charge in [-0.3, -0.25) is 4.99 Å². The molecular weight excluding hydrogens is 122 g/mol. The van der Waals surface area contributed by atoms with Gasteiger partial charge in [0, 0.05) is 0 Å². The molecule has 0 aliphatic heterocycles. The fraction of sp³-hybridized carbons (Fsp3) is 0.222. The Bertz CT molecular complexity index is 276. The topological polar surface area (TPSA) is 12.4 Å². The van der Waals surface area contributed by atoms with E-state index in [2.05, 4.69) is 23.8 Å². The maximum atomic E-state index is 3.86. The van der Waals surface area contributed by atoms with Crippen LogP contribution in [0.15, 0.2) is 23.2 Å². The molecule has 0 fully saturated rings. The highest BCUT2D eigenvalue weighted by Gasteiger charge is 2.11. The molecule has 50 valence electrons. The third-order valence-corrected chi connectivity index (χ3v) is 2.04. The number of rotatable bonds is 1. The van der Waals surface area contributed by atoms with Gasteiger partial charge in [0.05, 0.1) is 5.69 Å². The fourth-order valence-electron chi connectivity index (χ4n) is 1.28. The van der Waals surface area contributed by atoms with Gasteiger partial charge in [-0.1, -0.05) is 6.07 Å². The van der Waals surface area contributed by atoms with Crippen LogP contribution in [0.1, 0.15) is 11.1 Å². The van der Waals surface area contributed by atoms with Gasteiger partial charge >= 0.3 is 0 Å². The summed E-state index contributed by atoms with van der Waals surface area (Å²) in [6, 6.07) is 6.28. The molecule has 0 unspecified atom stereocenters. The number of aryl methyl sites for hydroxylation is 2. The Labute approximate surface area is 60.4 Å². The molecule has 1 heteroatoms. The van der Waals surface area contributed by atoms with Crippen molar-refractivity contribution in [2.75, 3.05) is 0 Å². The Morgan fingerprint density at radius 3 is 2.50 bits per heavy atom. The summed E-state index contributed by atoms with van der Waals surface area (Å²) >= 11 is 0. The minimum atomic E-state index is 0.999. The average molecular weight is 131 g/mol. The summed E-state index contributed by atoms with van der Waals surface area (Å²) in [5, 5.41) is 0. The SMILES string of the molecule is C=Nc1ccc2c(c1)CC2. The van der Waals surface area contributed by atoms with Gasteiger partial charge in [0.2, 0.25) is 0 Å². The van der Waals surface area contributed by atoms with Crippen molar-refractivity contribution >= 4 is 12.4 Å². The van der Waals surface area contributed by atoms with Crippen LogP contribution in [-0.4, -0.2) is 6.72 Å². The van der Waals surface area contributed by atoms with Gasteiger partial charge in [0.15, 0.2) is 0 Å². The van der Waals surface area contributed by atoms with E-state index in [1.165, 1.54) is 24.0 Å². The third kappa shape index (κ3) is 0.670. The largest absolute Gasteiger partial charge is 0.265 e. The van der Waals surface area contributed by atoms with Gasteiger partial charge in [-0.2, -0.15) is 0 Å². The lowest BCUT2D eigenvalue weighted by Crippen LogP contribution is -2.06. The van der Waals surface area contributed by atoms with Crippen molar-refractivity contribution in [1.29, 1.82) is 0 Å². The summed E-state index contributed by atoms with van der Waals surface area (Å²) in [6.07, 6.45) is 2.46. The quantitative estimate of drug-likeness (QED) is 0.518. The predicted molar refractivity (Wildman–Crippen MR) is 43.1 cm³/mol. The number of nitrogens with zero attached hydrogens (tertiary/aromatic N) is 1. The highest BCUT2D eigenvalue weighted by atomic mass is 14.7. The lowest BCUT2D eigenvalue weighted by atomic mass is 9.88. The maximum absolute atomic E-state index is 3.86. The molecule has 0 heterocycles. The monoisotopic (exact) mass is 131 g/mol. The average Bonchev–Trinajstić information content (AvgIpc) is 1.92. The molecule has 1 aromatic carbocycles. The molecule has 0 amide bonds. The van der Waals surface area contributed by atoms with Crippen LogP contribution in [0.2, 0.25) is 0 Å². The van der Waals surface area contributed by atoms with E-state index in [9.17, 15) is 0 Å². The van der Waals surface area contributed by atoms with E-state index in [1.807, 2.05) is 6.07 Å². The van der Waals surface area contributed by atoms with Crippen LogP contribution in [0.4, 0.5) is 5.69 Å². The number of hydrogen-bond acceptors (Lipinski definition) is 1. The predicted octanol–water partition coefficient (Wildman–Crippen LogP) is 2.12. The second-order valence-electron chi connectivity index (χ2n) is 2.61. The fourth-order valence-corrected chi connectivity index (χ4v) is 1.28. The van der Waals surface area contributed by atoms with Crippen LogP contribution in [0.25, 0.3) is 0 Å². The summed E-state index contributed by atoms with van der Waals surface area (Å²) in [4.78, 5) is 3.86. The van der Waals surface area contributed by atoms with Gasteiger partial charge in [-0.25, -0.2) is 0 Å². The van der Waals surface area contributed by atoms with Gasteiger partial charge in [-0.05, 0) is 42.8 Å². The van der Waals surface area contributed by atoms with Crippen LogP contribution in [0, 0.1) is 0 Å².